The Morgan fingerprint density at radius 3 is 2.70 bits per heavy atom. The van der Waals surface area contributed by atoms with Crippen molar-refractivity contribution in [3.05, 3.63) is 17.0 Å². The Balaban J connectivity index is 0.00000200. The van der Waals surface area contributed by atoms with Crippen molar-refractivity contribution < 1.29 is 8.42 Å². The molecule has 0 saturated heterocycles. The van der Waals surface area contributed by atoms with Crippen LogP contribution in [0.2, 0.25) is 0 Å². The van der Waals surface area contributed by atoms with E-state index < -0.39 is 9.84 Å². The molecule has 114 valence electrons. The molecular weight excluding hydrogens is 409 g/mol. The van der Waals surface area contributed by atoms with Crippen molar-refractivity contribution in [3.8, 4) is 0 Å². The molecule has 0 bridgehead atoms. The highest BCUT2D eigenvalue weighted by molar-refractivity contribution is 14.0. The maximum Gasteiger partial charge on any atom is 0.188 e. The van der Waals surface area contributed by atoms with Gasteiger partial charge in [-0.1, -0.05) is 6.42 Å². The molecule has 1 saturated carbocycles. The lowest BCUT2D eigenvalue weighted by Crippen LogP contribution is -2.37. The fraction of sp³-hybridized carbons (Fsp3) is 0.583. The second kappa shape index (κ2) is 7.60. The van der Waals surface area contributed by atoms with Crippen LogP contribution in [0.4, 0.5) is 0 Å². The third-order valence-corrected chi connectivity index (χ3v) is 6.09. The predicted octanol–water partition coefficient (Wildman–Crippen LogP) is 1.97. The smallest absolute Gasteiger partial charge is 0.188 e. The van der Waals surface area contributed by atoms with E-state index in [9.17, 15) is 8.42 Å². The van der Waals surface area contributed by atoms with Crippen molar-refractivity contribution >= 4 is 51.1 Å². The van der Waals surface area contributed by atoms with Gasteiger partial charge in [0.1, 0.15) is 4.21 Å². The number of hydrogen-bond acceptors (Lipinski definition) is 4. The third kappa shape index (κ3) is 5.21. The van der Waals surface area contributed by atoms with Crippen molar-refractivity contribution in [2.75, 3.05) is 12.8 Å². The van der Waals surface area contributed by atoms with Crippen molar-refractivity contribution in [1.82, 2.24) is 5.32 Å². The second-order valence-corrected chi connectivity index (χ2v) is 8.28. The first-order valence-corrected chi connectivity index (χ1v) is 8.98. The van der Waals surface area contributed by atoms with Crippen LogP contribution < -0.4 is 11.1 Å². The molecule has 8 heteroatoms. The molecule has 0 spiro atoms. The number of guanidine groups is 1. The molecule has 1 aliphatic carbocycles. The Hall–Kier alpha value is -0.350. The van der Waals surface area contributed by atoms with Gasteiger partial charge in [-0.05, 0) is 30.9 Å². The first-order valence-electron chi connectivity index (χ1n) is 6.27. The number of aliphatic imine (C=N–C) groups is 1. The van der Waals surface area contributed by atoms with Crippen LogP contribution in [0.1, 0.15) is 24.1 Å². The van der Waals surface area contributed by atoms with Gasteiger partial charge in [-0.2, -0.15) is 0 Å². The van der Waals surface area contributed by atoms with Crippen LogP contribution in [0.25, 0.3) is 0 Å². The zero-order chi connectivity index (χ0) is 13.9. The molecule has 1 aliphatic rings. The van der Waals surface area contributed by atoms with Gasteiger partial charge >= 0.3 is 0 Å². The maximum absolute atomic E-state index is 11.3. The van der Waals surface area contributed by atoms with Crippen molar-refractivity contribution in [2.24, 2.45) is 16.6 Å². The molecule has 2 rings (SSSR count). The lowest BCUT2D eigenvalue weighted by Gasteiger charge is -2.25. The zero-order valence-electron chi connectivity index (χ0n) is 11.3. The number of rotatable bonds is 5. The van der Waals surface area contributed by atoms with E-state index in [1.165, 1.54) is 36.9 Å². The highest BCUT2D eigenvalue weighted by atomic mass is 127. The normalized spacial score (nSPS) is 16.4. The van der Waals surface area contributed by atoms with Gasteiger partial charge in [0.25, 0.3) is 0 Å². The Morgan fingerprint density at radius 2 is 2.20 bits per heavy atom. The molecule has 0 aromatic carbocycles. The summed E-state index contributed by atoms with van der Waals surface area (Å²) in [6.07, 6.45) is 5.05. The summed E-state index contributed by atoms with van der Waals surface area (Å²) in [4.78, 5) is 5.12. The Bertz CT molecular complexity index is 565. The summed E-state index contributed by atoms with van der Waals surface area (Å²) >= 11 is 1.24. The van der Waals surface area contributed by atoms with E-state index in [1.807, 2.05) is 0 Å². The Labute approximate surface area is 141 Å². The molecular formula is C12H20IN3O2S2. The average Bonchev–Trinajstić information content (AvgIpc) is 2.72. The topological polar surface area (TPSA) is 84.5 Å². The predicted molar refractivity (Wildman–Crippen MR) is 93.5 cm³/mol. The number of nitrogens with zero attached hydrogens (tertiary/aromatic N) is 1. The third-order valence-electron chi connectivity index (χ3n) is 3.20. The average molecular weight is 429 g/mol. The van der Waals surface area contributed by atoms with Crippen molar-refractivity contribution in [2.45, 2.75) is 30.0 Å². The SMILES string of the molecule is CS(=O)(=O)c1ccc(CN=C(N)NCC2CCC2)s1.I. The van der Waals surface area contributed by atoms with E-state index in [2.05, 4.69) is 10.3 Å². The Kier molecular flexibility index (Phi) is 6.73. The van der Waals surface area contributed by atoms with Crippen molar-refractivity contribution in [1.29, 1.82) is 0 Å². The number of nitrogens with two attached hydrogens (primary N) is 1. The Morgan fingerprint density at radius 1 is 1.50 bits per heavy atom. The second-order valence-electron chi connectivity index (χ2n) is 4.87. The van der Waals surface area contributed by atoms with Gasteiger partial charge in [-0.15, -0.1) is 35.3 Å². The largest absolute Gasteiger partial charge is 0.370 e. The summed E-state index contributed by atoms with van der Waals surface area (Å²) in [6, 6.07) is 3.40. The summed E-state index contributed by atoms with van der Waals surface area (Å²) in [5, 5.41) is 3.11. The first kappa shape index (κ1) is 17.7. The minimum atomic E-state index is -3.11. The van der Waals surface area contributed by atoms with Gasteiger partial charge < -0.3 is 11.1 Å². The number of hydrogen-bond donors (Lipinski definition) is 2. The maximum atomic E-state index is 11.3. The van der Waals surface area contributed by atoms with Crippen LogP contribution in [0.5, 0.6) is 0 Å². The van der Waals surface area contributed by atoms with Gasteiger partial charge in [-0.25, -0.2) is 13.4 Å². The molecule has 1 heterocycles. The lowest BCUT2D eigenvalue weighted by molar-refractivity contribution is 0.315. The number of sulfone groups is 1. The van der Waals surface area contributed by atoms with Gasteiger partial charge in [0.15, 0.2) is 15.8 Å². The van der Waals surface area contributed by atoms with E-state index in [0.717, 1.165) is 17.3 Å². The molecule has 20 heavy (non-hydrogen) atoms. The van der Waals surface area contributed by atoms with E-state index in [-0.39, 0.29) is 24.0 Å². The molecule has 0 amide bonds. The molecule has 0 radical (unpaired) electrons. The molecule has 1 aromatic rings. The number of halogens is 1. The zero-order valence-corrected chi connectivity index (χ0v) is 15.3. The number of nitrogens with one attached hydrogen (secondary N) is 1. The molecule has 1 aromatic heterocycles. The molecule has 0 unspecified atom stereocenters. The van der Waals surface area contributed by atoms with E-state index in [0.29, 0.717) is 16.7 Å². The highest BCUT2D eigenvalue weighted by Gasteiger charge is 2.16. The molecule has 1 fully saturated rings. The minimum absolute atomic E-state index is 0. The molecule has 0 aliphatic heterocycles. The minimum Gasteiger partial charge on any atom is -0.370 e. The highest BCUT2D eigenvalue weighted by Crippen LogP contribution is 2.25. The standard InChI is InChI=1S/C12H19N3O2S2.HI/c1-19(16,17)11-6-5-10(18-11)8-15-12(13)14-7-9-3-2-4-9;/h5-6,9H,2-4,7-8H2,1H3,(H3,13,14,15);1H. The fourth-order valence-corrected chi connectivity index (χ4v) is 3.71. The van der Waals surface area contributed by atoms with Gasteiger partial charge in [0, 0.05) is 17.7 Å². The van der Waals surface area contributed by atoms with E-state index in [1.54, 1.807) is 12.1 Å². The fourth-order valence-electron chi connectivity index (χ4n) is 1.81. The molecule has 0 atom stereocenters. The van der Waals surface area contributed by atoms with Crippen LogP contribution in [-0.4, -0.2) is 27.2 Å². The summed E-state index contributed by atoms with van der Waals surface area (Å²) in [5.74, 6) is 1.16. The summed E-state index contributed by atoms with van der Waals surface area (Å²) < 4.78 is 23.1. The van der Waals surface area contributed by atoms with Crippen LogP contribution in [0.3, 0.4) is 0 Å². The first-order chi connectivity index (χ1) is 8.95. The number of thiophene rings is 1. The van der Waals surface area contributed by atoms with Crippen LogP contribution in [0.15, 0.2) is 21.3 Å². The molecule has 5 nitrogen and oxygen atoms in total. The van der Waals surface area contributed by atoms with Crippen LogP contribution in [0, 0.1) is 5.92 Å². The lowest BCUT2D eigenvalue weighted by atomic mass is 9.85. The van der Waals surface area contributed by atoms with Gasteiger partial charge in [0.2, 0.25) is 0 Å². The van der Waals surface area contributed by atoms with Crippen LogP contribution >= 0.6 is 35.3 Å². The summed E-state index contributed by atoms with van der Waals surface area (Å²) in [7, 11) is -3.11. The summed E-state index contributed by atoms with van der Waals surface area (Å²) in [6.45, 7) is 1.30. The van der Waals surface area contributed by atoms with Gasteiger partial charge in [0.05, 0.1) is 6.54 Å². The summed E-state index contributed by atoms with van der Waals surface area (Å²) in [5.41, 5.74) is 5.77. The monoisotopic (exact) mass is 429 g/mol. The van der Waals surface area contributed by atoms with Gasteiger partial charge in [-0.3, -0.25) is 0 Å². The quantitative estimate of drug-likeness (QED) is 0.426. The van der Waals surface area contributed by atoms with Crippen molar-refractivity contribution in [3.63, 3.8) is 0 Å². The van der Waals surface area contributed by atoms with E-state index >= 15 is 0 Å². The van der Waals surface area contributed by atoms with Crippen LogP contribution in [-0.2, 0) is 16.4 Å². The van der Waals surface area contributed by atoms with E-state index in [4.69, 9.17) is 5.73 Å². The molecule has 3 N–H and O–H groups in total.